The van der Waals surface area contributed by atoms with E-state index in [1.807, 2.05) is 31.2 Å². The molecule has 0 aliphatic carbocycles. The molecule has 4 nitrogen and oxygen atoms in total. The molecule has 0 heterocycles. The topological polar surface area (TPSA) is 44.8 Å². The van der Waals surface area contributed by atoms with E-state index in [1.165, 1.54) is 7.11 Å². The van der Waals surface area contributed by atoms with Crippen LogP contribution in [0, 0.1) is 0 Å². The van der Waals surface area contributed by atoms with Crippen molar-refractivity contribution < 1.29 is 19.0 Å². The van der Waals surface area contributed by atoms with Crippen LogP contribution < -0.4 is 4.74 Å². The molecule has 0 saturated carbocycles. The van der Waals surface area contributed by atoms with Gasteiger partial charge in [0, 0.05) is 0 Å². The van der Waals surface area contributed by atoms with E-state index in [4.69, 9.17) is 9.47 Å². The van der Waals surface area contributed by atoms with E-state index in [0.29, 0.717) is 6.61 Å². The van der Waals surface area contributed by atoms with Gasteiger partial charge in [0.1, 0.15) is 5.75 Å². The van der Waals surface area contributed by atoms with Crippen LogP contribution in [0.5, 0.6) is 5.75 Å². The van der Waals surface area contributed by atoms with Crippen molar-refractivity contribution >= 4 is 5.97 Å². The summed E-state index contributed by atoms with van der Waals surface area (Å²) in [5, 5.41) is 0. The van der Waals surface area contributed by atoms with Gasteiger partial charge in [-0.3, -0.25) is 4.79 Å². The highest BCUT2D eigenvalue weighted by Crippen LogP contribution is 2.14. The third-order valence-electron chi connectivity index (χ3n) is 2.35. The van der Waals surface area contributed by atoms with Crippen molar-refractivity contribution in [1.82, 2.24) is 0 Å². The summed E-state index contributed by atoms with van der Waals surface area (Å²) in [6.07, 6.45) is 0.106. The first kappa shape index (κ1) is 13.5. The van der Waals surface area contributed by atoms with Crippen LogP contribution in [0.4, 0.5) is 0 Å². The summed E-state index contributed by atoms with van der Waals surface area (Å²) in [4.78, 5) is 11.0. The largest absolute Gasteiger partial charge is 0.497 e. The minimum Gasteiger partial charge on any atom is -0.497 e. The predicted molar refractivity (Wildman–Crippen MR) is 63.9 cm³/mol. The fourth-order valence-corrected chi connectivity index (χ4v) is 1.38. The number of ether oxygens (including phenoxy) is 3. The van der Waals surface area contributed by atoms with Crippen molar-refractivity contribution in [2.75, 3.05) is 14.2 Å². The van der Waals surface area contributed by atoms with Gasteiger partial charge in [-0.1, -0.05) is 12.1 Å². The summed E-state index contributed by atoms with van der Waals surface area (Å²) < 4.78 is 15.2. The summed E-state index contributed by atoms with van der Waals surface area (Å²) >= 11 is 0. The van der Waals surface area contributed by atoms with Gasteiger partial charge >= 0.3 is 5.97 Å². The van der Waals surface area contributed by atoms with Crippen molar-refractivity contribution in [2.24, 2.45) is 0 Å². The van der Waals surface area contributed by atoms with Crippen LogP contribution in [0.3, 0.4) is 0 Å². The lowest BCUT2D eigenvalue weighted by Crippen LogP contribution is -2.15. The highest BCUT2D eigenvalue weighted by atomic mass is 16.5. The zero-order chi connectivity index (χ0) is 12.7. The van der Waals surface area contributed by atoms with E-state index in [9.17, 15) is 4.79 Å². The normalized spacial score (nSPS) is 11.9. The van der Waals surface area contributed by atoms with Gasteiger partial charge in [0.15, 0.2) is 0 Å². The molecule has 0 bridgehead atoms. The van der Waals surface area contributed by atoms with Crippen molar-refractivity contribution in [3.05, 3.63) is 29.8 Å². The molecular formula is C13H18O4. The Balaban J connectivity index is 2.41. The molecule has 0 fully saturated rings. The Morgan fingerprint density at radius 2 is 2.12 bits per heavy atom. The van der Waals surface area contributed by atoms with Gasteiger partial charge in [-0.05, 0) is 24.6 Å². The minimum atomic E-state index is -0.261. The van der Waals surface area contributed by atoms with Crippen molar-refractivity contribution in [3.63, 3.8) is 0 Å². The molecular weight excluding hydrogens is 220 g/mol. The fourth-order valence-electron chi connectivity index (χ4n) is 1.38. The second-order valence-corrected chi connectivity index (χ2v) is 3.75. The molecule has 1 atom stereocenters. The maximum absolute atomic E-state index is 11.0. The van der Waals surface area contributed by atoms with Gasteiger partial charge in [0.2, 0.25) is 0 Å². The molecule has 17 heavy (non-hydrogen) atoms. The molecule has 0 aromatic heterocycles. The Morgan fingerprint density at radius 1 is 1.35 bits per heavy atom. The van der Waals surface area contributed by atoms with Crippen LogP contribution in [0.25, 0.3) is 0 Å². The first-order valence-corrected chi connectivity index (χ1v) is 5.47. The molecule has 0 N–H and O–H groups in total. The molecule has 0 amide bonds. The number of esters is 1. The summed E-state index contributed by atoms with van der Waals surface area (Å²) in [6.45, 7) is 2.30. The Morgan fingerprint density at radius 3 is 2.76 bits per heavy atom. The number of carbonyl (C=O) groups excluding carboxylic acids is 1. The van der Waals surface area contributed by atoms with E-state index < -0.39 is 0 Å². The Bertz CT molecular complexity index is 362. The van der Waals surface area contributed by atoms with Crippen LogP contribution in [-0.4, -0.2) is 26.3 Å². The van der Waals surface area contributed by atoms with Crippen molar-refractivity contribution in [1.29, 1.82) is 0 Å². The SMILES string of the molecule is COC(=O)CC(C)OCc1cccc(OC)c1. The van der Waals surface area contributed by atoms with Crippen LogP contribution in [0.1, 0.15) is 18.9 Å². The molecule has 94 valence electrons. The average molecular weight is 238 g/mol. The predicted octanol–water partition coefficient (Wildman–Crippen LogP) is 2.16. The van der Waals surface area contributed by atoms with E-state index in [1.54, 1.807) is 7.11 Å². The van der Waals surface area contributed by atoms with Crippen LogP contribution >= 0.6 is 0 Å². The Kier molecular flexibility index (Phi) is 5.49. The quantitative estimate of drug-likeness (QED) is 0.712. The molecule has 0 saturated heterocycles. The number of benzene rings is 1. The molecule has 0 spiro atoms. The standard InChI is InChI=1S/C13H18O4/c1-10(7-13(14)16-3)17-9-11-5-4-6-12(8-11)15-2/h4-6,8,10H,7,9H2,1-3H3. The summed E-state index contributed by atoms with van der Waals surface area (Å²) in [5.74, 6) is 0.537. The fraction of sp³-hybridized carbons (Fsp3) is 0.462. The third kappa shape index (κ3) is 4.87. The van der Waals surface area contributed by atoms with E-state index in [0.717, 1.165) is 11.3 Å². The summed E-state index contributed by atoms with van der Waals surface area (Å²) in [6, 6.07) is 7.64. The van der Waals surface area contributed by atoms with E-state index in [2.05, 4.69) is 4.74 Å². The van der Waals surface area contributed by atoms with E-state index in [-0.39, 0.29) is 18.5 Å². The third-order valence-corrected chi connectivity index (χ3v) is 2.35. The molecule has 1 aromatic rings. The summed E-state index contributed by atoms with van der Waals surface area (Å²) in [5.41, 5.74) is 1.01. The molecule has 0 aliphatic rings. The highest BCUT2D eigenvalue weighted by Gasteiger charge is 2.09. The number of methoxy groups -OCH3 is 2. The number of carbonyl (C=O) groups is 1. The maximum Gasteiger partial charge on any atom is 0.308 e. The second kappa shape index (κ2) is 6.91. The lowest BCUT2D eigenvalue weighted by Gasteiger charge is -2.12. The molecule has 1 rings (SSSR count). The van der Waals surface area contributed by atoms with Gasteiger partial charge in [-0.15, -0.1) is 0 Å². The first-order chi connectivity index (χ1) is 8.15. The molecule has 1 unspecified atom stereocenters. The average Bonchev–Trinajstić information content (AvgIpc) is 2.36. The number of hydrogen-bond donors (Lipinski definition) is 0. The van der Waals surface area contributed by atoms with E-state index >= 15 is 0 Å². The zero-order valence-electron chi connectivity index (χ0n) is 10.4. The highest BCUT2D eigenvalue weighted by molar-refractivity contribution is 5.69. The molecule has 4 heteroatoms. The van der Waals surface area contributed by atoms with Gasteiger partial charge in [0.25, 0.3) is 0 Å². The Hall–Kier alpha value is -1.55. The van der Waals surface area contributed by atoms with Gasteiger partial charge < -0.3 is 14.2 Å². The molecule has 1 aromatic carbocycles. The van der Waals surface area contributed by atoms with Gasteiger partial charge in [-0.25, -0.2) is 0 Å². The Labute approximate surface area is 101 Å². The van der Waals surface area contributed by atoms with Crippen LogP contribution in [0.2, 0.25) is 0 Å². The first-order valence-electron chi connectivity index (χ1n) is 5.47. The summed E-state index contributed by atoms with van der Waals surface area (Å²) in [7, 11) is 3.00. The monoisotopic (exact) mass is 238 g/mol. The number of hydrogen-bond acceptors (Lipinski definition) is 4. The van der Waals surface area contributed by atoms with Gasteiger partial charge in [-0.2, -0.15) is 0 Å². The second-order valence-electron chi connectivity index (χ2n) is 3.75. The van der Waals surface area contributed by atoms with Gasteiger partial charge in [0.05, 0.1) is 33.4 Å². The maximum atomic E-state index is 11.0. The lowest BCUT2D eigenvalue weighted by molar-refractivity contribution is -0.143. The number of rotatable bonds is 6. The van der Waals surface area contributed by atoms with Crippen LogP contribution in [0.15, 0.2) is 24.3 Å². The smallest absolute Gasteiger partial charge is 0.308 e. The lowest BCUT2D eigenvalue weighted by atomic mass is 10.2. The minimum absolute atomic E-state index is 0.159. The molecule has 0 aliphatic heterocycles. The molecule has 0 radical (unpaired) electrons. The van der Waals surface area contributed by atoms with Crippen molar-refractivity contribution in [3.8, 4) is 5.75 Å². The van der Waals surface area contributed by atoms with Crippen LogP contribution in [-0.2, 0) is 20.9 Å². The van der Waals surface area contributed by atoms with Crippen molar-refractivity contribution in [2.45, 2.75) is 26.1 Å². The zero-order valence-corrected chi connectivity index (χ0v) is 10.4.